The highest BCUT2D eigenvalue weighted by Gasteiger charge is 2.26. The Balaban J connectivity index is 2.46. The number of carbonyl (C=O) groups excluding carboxylic acids is 1. The molecule has 3 heteroatoms. The van der Waals surface area contributed by atoms with Gasteiger partial charge in [0, 0.05) is 0 Å². The smallest absolute Gasteiger partial charge is 0.137 e. The summed E-state index contributed by atoms with van der Waals surface area (Å²) >= 11 is 0. The summed E-state index contributed by atoms with van der Waals surface area (Å²) in [5, 5.41) is 0. The topological polar surface area (TPSA) is 23.6 Å². The van der Waals surface area contributed by atoms with Crippen molar-refractivity contribution < 1.29 is 4.79 Å². The van der Waals surface area contributed by atoms with E-state index in [2.05, 4.69) is 11.9 Å². The van der Waals surface area contributed by atoms with Crippen molar-refractivity contribution in [2.24, 2.45) is 5.92 Å². The fourth-order valence-electron chi connectivity index (χ4n) is 2.02. The Morgan fingerprint density at radius 1 is 1.38 bits per heavy atom. The van der Waals surface area contributed by atoms with Crippen molar-refractivity contribution in [1.29, 1.82) is 0 Å². The van der Waals surface area contributed by atoms with Gasteiger partial charge >= 0.3 is 0 Å². The second-order valence-electron chi connectivity index (χ2n) is 4.23. The Morgan fingerprint density at radius 3 is 2.31 bits per heavy atom. The second kappa shape index (κ2) is 4.72. The lowest BCUT2D eigenvalue weighted by Gasteiger charge is -2.34. The number of likely N-dealkylation sites (tertiary alicyclic amines) is 1. The summed E-state index contributed by atoms with van der Waals surface area (Å²) in [6, 6.07) is 0.119. The number of aldehydes is 1. The average molecular weight is 184 g/mol. The lowest BCUT2D eigenvalue weighted by atomic mass is 9.90. The van der Waals surface area contributed by atoms with Crippen LogP contribution in [-0.4, -0.2) is 56.4 Å². The predicted octanol–water partition coefficient (Wildman–Crippen LogP) is 0.457. The minimum Gasteiger partial charge on any atom is -0.306 e. The Morgan fingerprint density at radius 2 is 1.92 bits per heavy atom. The zero-order valence-electron chi connectivity index (χ0n) is 8.86. The van der Waals surface area contributed by atoms with Crippen LogP contribution in [-0.2, 0) is 4.79 Å². The van der Waals surface area contributed by atoms with Crippen LogP contribution in [0.15, 0.2) is 0 Å². The Bertz CT molecular complexity index is 162. The van der Waals surface area contributed by atoms with E-state index in [1.807, 2.05) is 19.0 Å². The lowest BCUT2D eigenvalue weighted by molar-refractivity contribution is -0.113. The van der Waals surface area contributed by atoms with E-state index in [9.17, 15) is 4.79 Å². The van der Waals surface area contributed by atoms with Gasteiger partial charge < -0.3 is 9.69 Å². The highest BCUT2D eigenvalue weighted by molar-refractivity contribution is 5.58. The SMILES string of the molecule is CN1CCC(C(C=O)N(C)C)CC1. The van der Waals surface area contributed by atoms with E-state index in [1.54, 1.807) is 0 Å². The molecule has 1 aliphatic heterocycles. The van der Waals surface area contributed by atoms with Crippen molar-refractivity contribution in [2.45, 2.75) is 18.9 Å². The highest BCUT2D eigenvalue weighted by atomic mass is 16.1. The summed E-state index contributed by atoms with van der Waals surface area (Å²) in [6.07, 6.45) is 3.40. The maximum atomic E-state index is 10.9. The summed E-state index contributed by atoms with van der Waals surface area (Å²) in [4.78, 5) is 15.2. The summed E-state index contributed by atoms with van der Waals surface area (Å²) in [5.41, 5.74) is 0. The van der Waals surface area contributed by atoms with Crippen LogP contribution < -0.4 is 0 Å². The van der Waals surface area contributed by atoms with Gasteiger partial charge in [0.15, 0.2) is 0 Å². The van der Waals surface area contributed by atoms with Gasteiger partial charge in [-0.15, -0.1) is 0 Å². The Kier molecular flexibility index (Phi) is 3.88. The van der Waals surface area contributed by atoms with Gasteiger partial charge in [-0.25, -0.2) is 0 Å². The van der Waals surface area contributed by atoms with Gasteiger partial charge in [-0.05, 0) is 53.0 Å². The van der Waals surface area contributed by atoms with Crippen molar-refractivity contribution in [3.63, 3.8) is 0 Å². The maximum Gasteiger partial charge on any atom is 0.137 e. The molecule has 0 bridgehead atoms. The first-order valence-electron chi connectivity index (χ1n) is 4.95. The van der Waals surface area contributed by atoms with Crippen molar-refractivity contribution in [1.82, 2.24) is 9.80 Å². The van der Waals surface area contributed by atoms with Crippen LogP contribution in [0.1, 0.15) is 12.8 Å². The molecule has 1 rings (SSSR count). The van der Waals surface area contributed by atoms with Gasteiger partial charge in [-0.2, -0.15) is 0 Å². The molecule has 13 heavy (non-hydrogen) atoms. The normalized spacial score (nSPS) is 23.4. The second-order valence-corrected chi connectivity index (χ2v) is 4.23. The molecule has 0 spiro atoms. The largest absolute Gasteiger partial charge is 0.306 e. The molecule has 1 unspecified atom stereocenters. The molecule has 1 saturated heterocycles. The average Bonchev–Trinajstić information content (AvgIpc) is 2.09. The number of hydrogen-bond acceptors (Lipinski definition) is 3. The van der Waals surface area contributed by atoms with Crippen molar-refractivity contribution in [3.05, 3.63) is 0 Å². The maximum absolute atomic E-state index is 10.9. The van der Waals surface area contributed by atoms with Crippen LogP contribution in [0.4, 0.5) is 0 Å². The molecule has 1 heterocycles. The molecule has 0 aromatic heterocycles. The van der Waals surface area contributed by atoms with Crippen LogP contribution in [0, 0.1) is 5.92 Å². The molecule has 3 nitrogen and oxygen atoms in total. The quantitative estimate of drug-likeness (QED) is 0.595. The first-order chi connectivity index (χ1) is 6.15. The summed E-state index contributed by atoms with van der Waals surface area (Å²) in [6.45, 7) is 2.26. The highest BCUT2D eigenvalue weighted by Crippen LogP contribution is 2.20. The summed E-state index contributed by atoms with van der Waals surface area (Å²) in [5.74, 6) is 0.559. The molecule has 0 radical (unpaired) electrons. The van der Waals surface area contributed by atoms with Gasteiger partial charge in [-0.1, -0.05) is 0 Å². The summed E-state index contributed by atoms with van der Waals surface area (Å²) < 4.78 is 0. The number of piperidine rings is 1. The van der Waals surface area contributed by atoms with E-state index in [1.165, 1.54) is 0 Å². The minimum absolute atomic E-state index is 0.119. The van der Waals surface area contributed by atoms with Crippen molar-refractivity contribution >= 4 is 6.29 Å². The van der Waals surface area contributed by atoms with Gasteiger partial charge in [-0.3, -0.25) is 4.90 Å². The Labute approximate surface area is 80.7 Å². The molecular formula is C10H20N2O. The van der Waals surface area contributed by atoms with Crippen LogP contribution >= 0.6 is 0 Å². The zero-order chi connectivity index (χ0) is 9.84. The number of nitrogens with zero attached hydrogens (tertiary/aromatic N) is 2. The number of hydrogen-bond donors (Lipinski definition) is 0. The third-order valence-electron chi connectivity index (χ3n) is 2.98. The Hall–Kier alpha value is -0.410. The molecule has 1 atom stereocenters. The van der Waals surface area contributed by atoms with E-state index in [0.29, 0.717) is 5.92 Å². The minimum atomic E-state index is 0.119. The van der Waals surface area contributed by atoms with Crippen LogP contribution in [0.5, 0.6) is 0 Å². The molecule has 0 N–H and O–H groups in total. The first-order valence-corrected chi connectivity index (χ1v) is 4.95. The molecule has 1 aliphatic rings. The monoisotopic (exact) mass is 184 g/mol. The van der Waals surface area contributed by atoms with Crippen molar-refractivity contribution in [2.75, 3.05) is 34.2 Å². The van der Waals surface area contributed by atoms with Crippen molar-refractivity contribution in [3.8, 4) is 0 Å². The first kappa shape index (κ1) is 10.7. The van der Waals surface area contributed by atoms with Gasteiger partial charge in [0.25, 0.3) is 0 Å². The molecule has 76 valence electrons. The molecular weight excluding hydrogens is 164 g/mol. The predicted molar refractivity (Wildman–Crippen MR) is 53.8 cm³/mol. The third kappa shape index (κ3) is 2.78. The number of rotatable bonds is 3. The van der Waals surface area contributed by atoms with E-state index in [0.717, 1.165) is 32.2 Å². The molecule has 0 aromatic carbocycles. The van der Waals surface area contributed by atoms with Crippen LogP contribution in [0.3, 0.4) is 0 Å². The van der Waals surface area contributed by atoms with Gasteiger partial charge in [0.05, 0.1) is 6.04 Å². The van der Waals surface area contributed by atoms with E-state index in [4.69, 9.17) is 0 Å². The van der Waals surface area contributed by atoms with Crippen LogP contribution in [0.2, 0.25) is 0 Å². The molecule has 0 amide bonds. The van der Waals surface area contributed by atoms with Gasteiger partial charge in [0.2, 0.25) is 0 Å². The molecule has 1 fully saturated rings. The fourth-order valence-corrected chi connectivity index (χ4v) is 2.02. The lowest BCUT2D eigenvalue weighted by Crippen LogP contribution is -2.42. The van der Waals surface area contributed by atoms with Crippen LogP contribution in [0.25, 0.3) is 0 Å². The standard InChI is InChI=1S/C10H20N2O/c1-11(2)10(8-13)9-4-6-12(3)7-5-9/h8-10H,4-7H2,1-3H3. The zero-order valence-corrected chi connectivity index (χ0v) is 8.86. The fraction of sp³-hybridized carbons (Fsp3) is 0.900. The van der Waals surface area contributed by atoms with E-state index in [-0.39, 0.29) is 6.04 Å². The molecule has 0 aromatic rings. The molecule has 0 saturated carbocycles. The van der Waals surface area contributed by atoms with E-state index >= 15 is 0 Å². The van der Waals surface area contributed by atoms with E-state index < -0.39 is 0 Å². The number of likely N-dealkylation sites (N-methyl/N-ethyl adjacent to an activating group) is 1. The number of carbonyl (C=O) groups is 1. The molecule has 0 aliphatic carbocycles. The third-order valence-corrected chi connectivity index (χ3v) is 2.98. The summed E-state index contributed by atoms with van der Waals surface area (Å²) in [7, 11) is 6.11. The van der Waals surface area contributed by atoms with Gasteiger partial charge in [0.1, 0.15) is 6.29 Å².